The van der Waals surface area contributed by atoms with Crippen LogP contribution < -0.4 is 11.2 Å². The zero-order chi connectivity index (χ0) is 20.7. The smallest absolute Gasteiger partial charge is 0.331 e. The van der Waals surface area contributed by atoms with Gasteiger partial charge in [0.15, 0.2) is 0 Å². The number of nitrogens with zero attached hydrogens (tertiary/aromatic N) is 3. The summed E-state index contributed by atoms with van der Waals surface area (Å²) in [5.41, 5.74) is 1.15. The molecule has 0 bridgehead atoms. The highest BCUT2D eigenvalue weighted by molar-refractivity contribution is 8.31. The first-order valence-corrected chi connectivity index (χ1v) is 11.4. The summed E-state index contributed by atoms with van der Waals surface area (Å²) in [5.74, 6) is 0.180. The van der Waals surface area contributed by atoms with Gasteiger partial charge in [0.2, 0.25) is 0 Å². The zero-order valence-corrected chi connectivity index (χ0v) is 18.3. The molecule has 28 heavy (non-hydrogen) atoms. The van der Waals surface area contributed by atoms with E-state index in [2.05, 4.69) is 4.98 Å². The molecule has 0 spiro atoms. The molecule has 8 heteroatoms. The van der Waals surface area contributed by atoms with Crippen molar-refractivity contribution in [1.29, 1.82) is 0 Å². The van der Waals surface area contributed by atoms with Crippen LogP contribution in [0, 0.1) is 11.8 Å². The molecule has 0 saturated carbocycles. The van der Waals surface area contributed by atoms with E-state index in [-0.39, 0.29) is 23.1 Å². The zero-order valence-electron chi connectivity index (χ0n) is 16.7. The van der Waals surface area contributed by atoms with Gasteiger partial charge in [-0.2, -0.15) is 0 Å². The molecule has 0 radical (unpaired) electrons. The van der Waals surface area contributed by atoms with Crippen molar-refractivity contribution in [2.24, 2.45) is 18.9 Å². The highest BCUT2D eigenvalue weighted by atomic mass is 32.8. The molecular formula is C20H25N3O3S2. The molecule has 0 amide bonds. The third kappa shape index (κ3) is 3.33. The van der Waals surface area contributed by atoms with Crippen molar-refractivity contribution in [3.63, 3.8) is 0 Å². The van der Waals surface area contributed by atoms with Gasteiger partial charge in [-0.15, -0.1) is 0 Å². The number of allylic oxidation sites excluding steroid dienone is 1. The molecule has 3 rings (SSSR count). The summed E-state index contributed by atoms with van der Waals surface area (Å²) in [6, 6.07) is 3.54. The Balaban J connectivity index is 2.35. The minimum absolute atomic E-state index is 0.0294. The first-order valence-electron chi connectivity index (χ1n) is 9.24. The van der Waals surface area contributed by atoms with E-state index in [1.165, 1.54) is 7.05 Å². The van der Waals surface area contributed by atoms with E-state index in [0.29, 0.717) is 27.6 Å². The maximum absolute atomic E-state index is 13.1. The maximum atomic E-state index is 13.1. The molecule has 2 atom stereocenters. The average molecular weight is 420 g/mol. The summed E-state index contributed by atoms with van der Waals surface area (Å²) < 4.78 is 2.78. The van der Waals surface area contributed by atoms with E-state index in [1.54, 1.807) is 29.1 Å². The molecule has 0 aliphatic carbocycles. The summed E-state index contributed by atoms with van der Waals surface area (Å²) in [5, 5.41) is 11.7. The Hall–Kier alpha value is -1.90. The van der Waals surface area contributed by atoms with Crippen molar-refractivity contribution in [2.45, 2.75) is 45.4 Å². The van der Waals surface area contributed by atoms with Crippen LogP contribution in [0.25, 0.3) is 5.57 Å². The van der Waals surface area contributed by atoms with E-state index in [0.717, 1.165) is 10.1 Å². The minimum atomic E-state index is -0.989. The molecule has 1 N–H and O–H groups in total. The summed E-state index contributed by atoms with van der Waals surface area (Å²) in [6.07, 6.45) is 2.28. The number of hydrogen-bond donors (Lipinski definition) is 1. The molecule has 6 nitrogen and oxygen atoms in total. The molecule has 1 aliphatic heterocycles. The average Bonchev–Trinajstić information content (AvgIpc) is 2.96. The number of fused-ring (bicyclic) bond motifs is 1. The van der Waals surface area contributed by atoms with Crippen molar-refractivity contribution < 1.29 is 5.11 Å². The van der Waals surface area contributed by atoms with E-state index >= 15 is 0 Å². The topological polar surface area (TPSA) is 77.1 Å². The Labute approximate surface area is 171 Å². The van der Waals surface area contributed by atoms with Gasteiger partial charge in [0.25, 0.3) is 5.56 Å². The van der Waals surface area contributed by atoms with Crippen LogP contribution in [0.3, 0.4) is 0 Å². The van der Waals surface area contributed by atoms with Crippen molar-refractivity contribution in [2.75, 3.05) is 0 Å². The Kier molecular flexibility index (Phi) is 5.84. The van der Waals surface area contributed by atoms with Gasteiger partial charge in [0, 0.05) is 36.5 Å². The second-order valence-corrected chi connectivity index (χ2v) is 10.1. The Morgan fingerprint density at radius 1 is 1.25 bits per heavy atom. The van der Waals surface area contributed by atoms with Crippen LogP contribution in [0.4, 0.5) is 0 Å². The molecule has 0 fully saturated rings. The lowest BCUT2D eigenvalue weighted by atomic mass is 9.94. The van der Waals surface area contributed by atoms with Gasteiger partial charge >= 0.3 is 5.69 Å². The second-order valence-electron chi connectivity index (χ2n) is 7.72. The van der Waals surface area contributed by atoms with Gasteiger partial charge in [-0.05, 0) is 44.1 Å². The van der Waals surface area contributed by atoms with Crippen molar-refractivity contribution in [1.82, 2.24) is 14.1 Å². The quantitative estimate of drug-likeness (QED) is 0.752. The third-order valence-electron chi connectivity index (χ3n) is 4.78. The van der Waals surface area contributed by atoms with Crippen molar-refractivity contribution in [3.05, 3.63) is 61.4 Å². The van der Waals surface area contributed by atoms with E-state index < -0.39 is 15.6 Å². The lowest BCUT2D eigenvalue weighted by Gasteiger charge is -2.18. The first-order chi connectivity index (χ1) is 13.2. The Morgan fingerprint density at radius 2 is 1.93 bits per heavy atom. The fourth-order valence-corrected chi connectivity index (χ4v) is 6.42. The standard InChI is InChI=1S/C20H25N3O3S2/c1-11(2)10-23-19-15(18(25)22(5)20(23)26)14(12(3)4)17(28(19)27)16(24)13-7-6-8-21-9-13/h6-9,11-12,16,24H,10H2,1-5H3. The summed E-state index contributed by atoms with van der Waals surface area (Å²) in [7, 11) is 0.508. The van der Waals surface area contributed by atoms with Gasteiger partial charge in [0.1, 0.15) is 11.1 Å². The molecule has 0 aromatic carbocycles. The number of hydrogen-bond acceptors (Lipinski definition) is 5. The Morgan fingerprint density at radius 3 is 2.46 bits per heavy atom. The molecule has 2 aromatic rings. The van der Waals surface area contributed by atoms with Crippen LogP contribution in [0.5, 0.6) is 0 Å². The van der Waals surface area contributed by atoms with Crippen LogP contribution in [0.2, 0.25) is 0 Å². The largest absolute Gasteiger partial charge is 0.383 e. The van der Waals surface area contributed by atoms with Gasteiger partial charge < -0.3 is 5.11 Å². The fraction of sp³-hybridized carbons (Fsp3) is 0.450. The van der Waals surface area contributed by atoms with E-state index in [9.17, 15) is 14.7 Å². The van der Waals surface area contributed by atoms with Crippen molar-refractivity contribution in [3.8, 4) is 0 Å². The minimum Gasteiger partial charge on any atom is -0.383 e. The fourth-order valence-electron chi connectivity index (χ4n) is 3.54. The molecule has 2 aromatic heterocycles. The highest BCUT2D eigenvalue weighted by Gasteiger charge is 2.37. The first kappa shape index (κ1) is 20.8. The second kappa shape index (κ2) is 7.85. The highest BCUT2D eigenvalue weighted by Crippen LogP contribution is 2.44. The summed E-state index contributed by atoms with van der Waals surface area (Å²) >= 11 is 5.84. The van der Waals surface area contributed by atoms with Crippen LogP contribution in [0.1, 0.15) is 44.9 Å². The van der Waals surface area contributed by atoms with Crippen LogP contribution >= 0.6 is 0 Å². The van der Waals surface area contributed by atoms with E-state index in [1.807, 2.05) is 27.7 Å². The third-order valence-corrected chi connectivity index (χ3v) is 7.41. The lowest BCUT2D eigenvalue weighted by Crippen LogP contribution is -2.41. The molecule has 0 saturated heterocycles. The SMILES string of the molecule is CC(C)Cn1c2c(c(=O)n(C)c1=O)C(C(C)C)=C(C(O)c1cccnc1)S2=S. The predicted molar refractivity (Wildman–Crippen MR) is 115 cm³/mol. The predicted octanol–water partition coefficient (Wildman–Crippen LogP) is 2.15. The molecule has 2 unspecified atom stereocenters. The van der Waals surface area contributed by atoms with Gasteiger partial charge in [0.05, 0.1) is 5.56 Å². The monoisotopic (exact) mass is 419 g/mol. The van der Waals surface area contributed by atoms with Crippen LogP contribution in [0.15, 0.2) is 44.0 Å². The number of pyridine rings is 1. The normalized spacial score (nSPS) is 17.5. The molecular weight excluding hydrogens is 394 g/mol. The van der Waals surface area contributed by atoms with Crippen molar-refractivity contribution >= 4 is 26.2 Å². The number of aromatic nitrogens is 3. The van der Waals surface area contributed by atoms with Gasteiger partial charge in [-0.25, -0.2) is 4.79 Å². The summed E-state index contributed by atoms with van der Waals surface area (Å²) in [6.45, 7) is 8.46. The summed E-state index contributed by atoms with van der Waals surface area (Å²) in [4.78, 5) is 30.6. The van der Waals surface area contributed by atoms with E-state index in [4.69, 9.17) is 11.2 Å². The maximum Gasteiger partial charge on any atom is 0.331 e. The van der Waals surface area contributed by atoms with Gasteiger partial charge in [-0.1, -0.05) is 33.8 Å². The number of aliphatic hydroxyl groups excluding tert-OH is 1. The van der Waals surface area contributed by atoms with Crippen LogP contribution in [-0.4, -0.2) is 19.2 Å². The number of aliphatic hydroxyl groups is 1. The molecule has 3 heterocycles. The van der Waals surface area contributed by atoms with Gasteiger partial charge in [-0.3, -0.25) is 18.9 Å². The Bertz CT molecular complexity index is 1080. The lowest BCUT2D eigenvalue weighted by molar-refractivity contribution is 0.224. The molecule has 1 aliphatic rings. The van der Waals surface area contributed by atoms with Crippen LogP contribution in [-0.2, 0) is 34.2 Å². The molecule has 150 valence electrons. The number of rotatable bonds is 5.